The van der Waals surface area contributed by atoms with Gasteiger partial charge in [-0.2, -0.15) is 0 Å². The third-order valence-corrected chi connectivity index (χ3v) is 8.26. The van der Waals surface area contributed by atoms with Crippen LogP contribution in [0, 0.1) is 0 Å². The lowest BCUT2D eigenvalue weighted by atomic mass is 10.1. The predicted molar refractivity (Wildman–Crippen MR) is 153 cm³/mol. The fourth-order valence-electron chi connectivity index (χ4n) is 5.09. The molecule has 33 heavy (non-hydrogen) atoms. The Labute approximate surface area is 212 Å². The largest absolute Gasteiger partial charge is 0.371 e. The lowest BCUT2D eigenvalue weighted by Crippen LogP contribution is -2.57. The first kappa shape index (κ1) is 33.1. The summed E-state index contributed by atoms with van der Waals surface area (Å²) in [4.78, 5) is 0. The lowest BCUT2D eigenvalue weighted by Gasteiger charge is -2.44. The lowest BCUT2D eigenvalue weighted by molar-refractivity contribution is -0.952. The van der Waals surface area contributed by atoms with Crippen LogP contribution in [0.25, 0.3) is 0 Å². The van der Waals surface area contributed by atoms with Crippen LogP contribution in [0.2, 0.25) is 19.6 Å². The van der Waals surface area contributed by atoms with Crippen LogP contribution in [0.4, 0.5) is 0 Å². The van der Waals surface area contributed by atoms with E-state index in [9.17, 15) is 0 Å². The van der Waals surface area contributed by atoms with Gasteiger partial charge in [-0.25, -0.2) is 0 Å². The highest BCUT2D eigenvalue weighted by Crippen LogP contribution is 2.25. The van der Waals surface area contributed by atoms with Crippen molar-refractivity contribution < 1.29 is 8.91 Å². The van der Waals surface area contributed by atoms with Gasteiger partial charge in [0.2, 0.25) is 0 Å². The maximum absolute atomic E-state index is 6.91. The second-order valence-electron chi connectivity index (χ2n) is 12.1. The molecule has 0 aromatic rings. The number of nitrogens with zero attached hydrogens (tertiary/aromatic N) is 1. The number of quaternary nitrogens is 1. The summed E-state index contributed by atoms with van der Waals surface area (Å²) in [6.07, 6.45) is 28.2. The zero-order valence-corrected chi connectivity index (χ0v) is 25.5. The Bertz CT molecular complexity index is 387. The van der Waals surface area contributed by atoms with E-state index >= 15 is 0 Å². The van der Waals surface area contributed by atoms with Crippen molar-refractivity contribution in [3.63, 3.8) is 0 Å². The molecule has 0 heterocycles. The van der Waals surface area contributed by atoms with Gasteiger partial charge in [0.25, 0.3) is 0 Å². The molecule has 1 unspecified atom stereocenters. The van der Waals surface area contributed by atoms with Crippen LogP contribution in [0.1, 0.15) is 149 Å². The smallest absolute Gasteiger partial charge is 0.191 e. The Morgan fingerprint density at radius 2 is 0.848 bits per heavy atom. The molecule has 0 aliphatic heterocycles. The predicted octanol–water partition coefficient (Wildman–Crippen LogP) is 10.5. The van der Waals surface area contributed by atoms with Crippen molar-refractivity contribution >= 4 is 8.32 Å². The van der Waals surface area contributed by atoms with E-state index in [0.29, 0.717) is 6.23 Å². The molecule has 0 aromatic heterocycles. The molecule has 3 heteroatoms. The number of unbranched alkanes of at least 4 members (excludes halogenated alkanes) is 16. The van der Waals surface area contributed by atoms with Crippen molar-refractivity contribution in [3.8, 4) is 0 Å². The topological polar surface area (TPSA) is 9.23 Å². The fraction of sp³-hybridized carbons (Fsp3) is 1.00. The zero-order chi connectivity index (χ0) is 24.8. The standard InChI is InChI=1S/C30H66NOSi/c1-8-11-14-16-18-20-22-25-28-31(4,29-26-23-21-19-17-15-12-9-2)30(27-24-13-10-3)32-33(5,6)7/h30H,8-29H2,1-7H3/q+1. The Kier molecular flexibility index (Phi) is 21.5. The van der Waals surface area contributed by atoms with Crippen LogP contribution in [-0.2, 0) is 4.43 Å². The van der Waals surface area contributed by atoms with E-state index in [-0.39, 0.29) is 0 Å². The van der Waals surface area contributed by atoms with E-state index in [0.717, 1.165) is 0 Å². The molecule has 0 saturated carbocycles. The minimum absolute atomic E-state index is 0.414. The van der Waals surface area contributed by atoms with Gasteiger partial charge in [-0.05, 0) is 51.7 Å². The molecule has 0 aliphatic carbocycles. The van der Waals surface area contributed by atoms with Gasteiger partial charge in [0, 0.05) is 6.42 Å². The number of hydrogen-bond donors (Lipinski definition) is 0. The maximum atomic E-state index is 6.91. The van der Waals surface area contributed by atoms with Crippen molar-refractivity contribution in [2.45, 2.75) is 175 Å². The van der Waals surface area contributed by atoms with Gasteiger partial charge in [-0.15, -0.1) is 0 Å². The van der Waals surface area contributed by atoms with E-state index < -0.39 is 8.32 Å². The summed E-state index contributed by atoms with van der Waals surface area (Å²) in [7, 11) is 0.989. The van der Waals surface area contributed by atoms with Crippen molar-refractivity contribution in [2.75, 3.05) is 20.1 Å². The second kappa shape index (κ2) is 21.4. The van der Waals surface area contributed by atoms with Crippen LogP contribution in [0.15, 0.2) is 0 Å². The summed E-state index contributed by atoms with van der Waals surface area (Å²) in [5.74, 6) is 0. The third-order valence-electron chi connectivity index (χ3n) is 7.28. The minimum Gasteiger partial charge on any atom is -0.371 e. The van der Waals surface area contributed by atoms with E-state index in [1.165, 1.54) is 146 Å². The van der Waals surface area contributed by atoms with E-state index in [2.05, 4.69) is 47.5 Å². The molecule has 0 radical (unpaired) electrons. The van der Waals surface area contributed by atoms with Crippen LogP contribution >= 0.6 is 0 Å². The minimum atomic E-state index is -1.55. The molecule has 0 rings (SSSR count). The highest BCUT2D eigenvalue weighted by atomic mass is 28.4. The summed E-state index contributed by atoms with van der Waals surface area (Å²) < 4.78 is 8.07. The van der Waals surface area contributed by atoms with Gasteiger partial charge in [0.1, 0.15) is 0 Å². The van der Waals surface area contributed by atoms with Gasteiger partial charge >= 0.3 is 0 Å². The van der Waals surface area contributed by atoms with Gasteiger partial charge in [0.05, 0.1) is 20.1 Å². The first-order valence-corrected chi connectivity index (χ1v) is 18.7. The van der Waals surface area contributed by atoms with Crippen molar-refractivity contribution in [3.05, 3.63) is 0 Å². The molecule has 0 N–H and O–H groups in total. The van der Waals surface area contributed by atoms with Crippen molar-refractivity contribution in [1.29, 1.82) is 0 Å². The summed E-state index contributed by atoms with van der Waals surface area (Å²) in [6, 6.07) is 0. The second-order valence-corrected chi connectivity index (χ2v) is 16.5. The molecule has 2 nitrogen and oxygen atoms in total. The first-order chi connectivity index (χ1) is 15.8. The SMILES string of the molecule is CCCCCCCCCC[N+](C)(CCCCCCCCCC)C(CCCCC)O[Si](C)(C)C. The Morgan fingerprint density at radius 3 is 1.21 bits per heavy atom. The molecule has 0 aromatic carbocycles. The van der Waals surface area contributed by atoms with Crippen LogP contribution < -0.4 is 0 Å². The highest BCUT2D eigenvalue weighted by molar-refractivity contribution is 6.69. The summed E-state index contributed by atoms with van der Waals surface area (Å²) in [5.41, 5.74) is 0. The molecular formula is C30H66NOSi+. The third kappa shape index (κ3) is 20.1. The van der Waals surface area contributed by atoms with Crippen molar-refractivity contribution in [1.82, 2.24) is 0 Å². The molecular weight excluding hydrogens is 418 g/mol. The average molecular weight is 485 g/mol. The zero-order valence-electron chi connectivity index (χ0n) is 24.5. The Hall–Kier alpha value is 0.137. The Morgan fingerprint density at radius 1 is 0.515 bits per heavy atom. The average Bonchev–Trinajstić information content (AvgIpc) is 2.76. The number of rotatable bonds is 25. The number of hydrogen-bond acceptors (Lipinski definition) is 1. The van der Waals surface area contributed by atoms with Gasteiger partial charge < -0.3 is 8.91 Å². The molecule has 0 bridgehead atoms. The fourth-order valence-corrected chi connectivity index (χ4v) is 6.28. The molecule has 0 aliphatic rings. The van der Waals surface area contributed by atoms with Gasteiger partial charge in [-0.3, -0.25) is 0 Å². The molecule has 200 valence electrons. The normalized spacial score (nSPS) is 13.5. The van der Waals surface area contributed by atoms with Crippen LogP contribution in [0.3, 0.4) is 0 Å². The maximum Gasteiger partial charge on any atom is 0.191 e. The molecule has 1 atom stereocenters. The van der Waals surface area contributed by atoms with E-state index in [1.807, 2.05) is 0 Å². The van der Waals surface area contributed by atoms with Gasteiger partial charge in [0.15, 0.2) is 14.5 Å². The molecule has 0 spiro atoms. The van der Waals surface area contributed by atoms with Crippen molar-refractivity contribution in [2.24, 2.45) is 0 Å². The molecule has 0 amide bonds. The van der Waals surface area contributed by atoms with Gasteiger partial charge in [-0.1, -0.05) is 111 Å². The molecule has 0 fully saturated rings. The van der Waals surface area contributed by atoms with Crippen LogP contribution in [0.5, 0.6) is 0 Å². The monoisotopic (exact) mass is 484 g/mol. The quantitative estimate of drug-likeness (QED) is 0.0541. The summed E-state index contributed by atoms with van der Waals surface area (Å²) >= 11 is 0. The van der Waals surface area contributed by atoms with E-state index in [1.54, 1.807) is 0 Å². The Balaban J connectivity index is 4.75. The van der Waals surface area contributed by atoms with E-state index in [4.69, 9.17) is 4.43 Å². The summed E-state index contributed by atoms with van der Waals surface area (Å²) in [5, 5.41) is 0. The molecule has 0 saturated heterocycles. The van der Waals surface area contributed by atoms with Crippen LogP contribution in [-0.4, -0.2) is 39.2 Å². The highest BCUT2D eigenvalue weighted by Gasteiger charge is 2.35. The summed E-state index contributed by atoms with van der Waals surface area (Å²) in [6.45, 7) is 16.7. The first-order valence-electron chi connectivity index (χ1n) is 15.3.